The summed E-state index contributed by atoms with van der Waals surface area (Å²) in [6.07, 6.45) is 8.78. The van der Waals surface area contributed by atoms with E-state index in [2.05, 4.69) is 23.4 Å². The number of carbonyl (C=O) groups excluding carboxylic acids is 2. The average Bonchev–Trinajstić information content (AvgIpc) is 3.70. The van der Waals surface area contributed by atoms with Crippen LogP contribution in [0.5, 0.6) is 0 Å². The molecule has 0 spiro atoms. The van der Waals surface area contributed by atoms with Crippen LogP contribution < -0.4 is 5.32 Å². The SMILES string of the molecule is CNC(=O)[C@@]1(OC(=O)c2ccco2)CC[C@H]2[C@@H]3CCC4=Cc5c(cnn5-c5ccc(F)cc5)C[C@]4(C)[C@H]3[C@@H](O)C[C@@]21C. The van der Waals surface area contributed by atoms with Gasteiger partial charge in [0.25, 0.3) is 5.91 Å². The monoisotopic (exact) mass is 573 g/mol. The van der Waals surface area contributed by atoms with E-state index in [4.69, 9.17) is 9.15 Å². The van der Waals surface area contributed by atoms with E-state index in [1.165, 1.54) is 30.0 Å². The van der Waals surface area contributed by atoms with Gasteiger partial charge in [0.1, 0.15) is 5.82 Å². The Balaban J connectivity index is 1.23. The van der Waals surface area contributed by atoms with E-state index < -0.39 is 23.1 Å². The van der Waals surface area contributed by atoms with Crippen molar-refractivity contribution in [1.82, 2.24) is 15.1 Å². The van der Waals surface area contributed by atoms with Crippen LogP contribution in [0.25, 0.3) is 11.8 Å². The number of allylic oxidation sites excluding steroid dienone is 1. The number of hydrogen-bond donors (Lipinski definition) is 2. The Morgan fingerprint density at radius 3 is 2.69 bits per heavy atom. The van der Waals surface area contributed by atoms with Gasteiger partial charge in [-0.1, -0.05) is 19.4 Å². The maximum atomic E-state index is 13.6. The quantitative estimate of drug-likeness (QED) is 0.421. The van der Waals surface area contributed by atoms with Crippen molar-refractivity contribution < 1.29 is 28.2 Å². The minimum absolute atomic E-state index is 0.0147. The third-order valence-corrected chi connectivity index (χ3v) is 11.2. The van der Waals surface area contributed by atoms with Crippen LogP contribution in [-0.4, -0.2) is 45.5 Å². The second kappa shape index (κ2) is 9.39. The third kappa shape index (κ3) is 3.65. The molecule has 0 aliphatic heterocycles. The Morgan fingerprint density at radius 1 is 1.19 bits per heavy atom. The predicted molar refractivity (Wildman–Crippen MR) is 152 cm³/mol. The number of fused-ring (bicyclic) bond motifs is 6. The molecule has 2 N–H and O–H groups in total. The molecule has 2 aromatic heterocycles. The van der Waals surface area contributed by atoms with Crippen molar-refractivity contribution >= 4 is 18.0 Å². The van der Waals surface area contributed by atoms with E-state index in [1.54, 1.807) is 25.2 Å². The lowest BCUT2D eigenvalue weighted by atomic mass is 9.45. The number of halogens is 1. The van der Waals surface area contributed by atoms with Crippen molar-refractivity contribution in [2.45, 2.75) is 64.1 Å². The number of nitrogens with one attached hydrogen (secondary N) is 1. The van der Waals surface area contributed by atoms with Crippen LogP contribution in [0.2, 0.25) is 0 Å². The Bertz CT molecular complexity index is 1580. The zero-order valence-electron chi connectivity index (χ0n) is 24.1. The summed E-state index contributed by atoms with van der Waals surface area (Å²) in [6.45, 7) is 4.28. The maximum absolute atomic E-state index is 13.6. The molecule has 7 rings (SSSR count). The van der Waals surface area contributed by atoms with E-state index in [9.17, 15) is 19.1 Å². The zero-order valence-corrected chi connectivity index (χ0v) is 24.1. The summed E-state index contributed by atoms with van der Waals surface area (Å²) in [7, 11) is 1.56. The summed E-state index contributed by atoms with van der Waals surface area (Å²) in [5.74, 6) is -1.00. The number of furan rings is 1. The van der Waals surface area contributed by atoms with Gasteiger partial charge < -0.3 is 19.6 Å². The van der Waals surface area contributed by atoms with E-state index in [1.807, 2.05) is 17.8 Å². The first-order chi connectivity index (χ1) is 20.1. The van der Waals surface area contributed by atoms with Crippen molar-refractivity contribution in [3.05, 3.63) is 77.3 Å². The van der Waals surface area contributed by atoms with Crippen LogP contribution in [0.4, 0.5) is 4.39 Å². The van der Waals surface area contributed by atoms with E-state index >= 15 is 0 Å². The molecule has 0 saturated heterocycles. The molecule has 3 fully saturated rings. The minimum atomic E-state index is -1.41. The summed E-state index contributed by atoms with van der Waals surface area (Å²) in [6, 6.07) is 9.49. The molecular formula is C33H36FN3O5. The minimum Gasteiger partial charge on any atom is -0.457 e. The first-order valence-corrected chi connectivity index (χ1v) is 14.8. The fourth-order valence-corrected chi connectivity index (χ4v) is 9.35. The number of aromatic nitrogens is 2. The fourth-order valence-electron chi connectivity index (χ4n) is 9.35. The van der Waals surface area contributed by atoms with Gasteiger partial charge in [0.05, 0.1) is 29.9 Å². The molecule has 2 heterocycles. The van der Waals surface area contributed by atoms with Gasteiger partial charge in [0.2, 0.25) is 5.76 Å². The molecule has 4 aliphatic carbocycles. The van der Waals surface area contributed by atoms with Crippen LogP contribution in [0.1, 0.15) is 67.8 Å². The topological polar surface area (TPSA) is 107 Å². The van der Waals surface area contributed by atoms with Crippen LogP contribution >= 0.6 is 0 Å². The van der Waals surface area contributed by atoms with Crippen LogP contribution in [0.15, 0.2) is 58.8 Å². The Hall–Kier alpha value is -3.72. The van der Waals surface area contributed by atoms with Crippen molar-refractivity contribution in [2.24, 2.45) is 28.6 Å². The van der Waals surface area contributed by atoms with Gasteiger partial charge in [-0.05, 0) is 110 Å². The number of rotatable bonds is 4. The van der Waals surface area contributed by atoms with E-state index in [0.717, 1.165) is 42.6 Å². The molecule has 0 radical (unpaired) electrons. The van der Waals surface area contributed by atoms with E-state index in [-0.39, 0.29) is 40.7 Å². The number of aliphatic hydroxyl groups is 1. The van der Waals surface area contributed by atoms with Gasteiger partial charge >= 0.3 is 5.97 Å². The number of amides is 1. The number of carbonyl (C=O) groups is 2. The Morgan fingerprint density at radius 2 is 1.98 bits per heavy atom. The summed E-state index contributed by atoms with van der Waals surface area (Å²) in [4.78, 5) is 26.7. The molecule has 42 heavy (non-hydrogen) atoms. The molecule has 0 bridgehead atoms. The van der Waals surface area contributed by atoms with Gasteiger partial charge in [0, 0.05) is 12.5 Å². The highest BCUT2D eigenvalue weighted by atomic mass is 19.1. The molecule has 7 atom stereocenters. The van der Waals surface area contributed by atoms with Crippen LogP contribution in [0.3, 0.4) is 0 Å². The van der Waals surface area contributed by atoms with Gasteiger partial charge in [-0.2, -0.15) is 5.10 Å². The number of benzene rings is 1. The summed E-state index contributed by atoms with van der Waals surface area (Å²) >= 11 is 0. The van der Waals surface area contributed by atoms with Crippen molar-refractivity contribution in [1.29, 1.82) is 0 Å². The molecule has 3 saturated carbocycles. The molecule has 4 aliphatic rings. The summed E-state index contributed by atoms with van der Waals surface area (Å²) in [5, 5.41) is 19.4. The van der Waals surface area contributed by atoms with Gasteiger partial charge in [-0.25, -0.2) is 13.9 Å². The first-order valence-electron chi connectivity index (χ1n) is 14.8. The van der Waals surface area contributed by atoms with Crippen molar-refractivity contribution in [3.63, 3.8) is 0 Å². The smallest absolute Gasteiger partial charge is 0.375 e. The standard InChI is InChI=1S/C33H36FN3O5/c1-31-16-19-18-36-37(22-9-7-21(34)8-10-22)25(19)15-20(31)6-11-23-24-12-13-33(30(40)35-3,32(24,2)17-26(38)28(23)31)42-29(39)27-5-4-14-41-27/h4-5,7-10,14-15,18,23-24,26,28,38H,6,11-13,16-17H2,1-3H3,(H,35,40)/t23-,24-,26-,28+,31-,32-,33-/m0/s1. The van der Waals surface area contributed by atoms with Crippen LogP contribution in [-0.2, 0) is 16.0 Å². The van der Waals surface area contributed by atoms with Gasteiger partial charge in [0.15, 0.2) is 5.60 Å². The number of ether oxygens (including phenoxy) is 1. The van der Waals surface area contributed by atoms with Crippen molar-refractivity contribution in [3.8, 4) is 5.69 Å². The zero-order chi connectivity index (χ0) is 29.4. The Labute approximate surface area is 243 Å². The predicted octanol–water partition coefficient (Wildman–Crippen LogP) is 5.10. The molecule has 9 heteroatoms. The summed E-state index contributed by atoms with van der Waals surface area (Å²) in [5.41, 5.74) is 1.77. The molecular weight excluding hydrogens is 537 g/mol. The normalized spacial score (nSPS) is 34.8. The fraction of sp³-hybridized carbons (Fsp3) is 0.485. The lowest BCUT2D eigenvalue weighted by molar-refractivity contribution is -0.182. The third-order valence-electron chi connectivity index (χ3n) is 11.2. The average molecular weight is 574 g/mol. The molecule has 1 aromatic carbocycles. The molecule has 220 valence electrons. The first kappa shape index (κ1) is 27.1. The summed E-state index contributed by atoms with van der Waals surface area (Å²) < 4.78 is 26.9. The van der Waals surface area contributed by atoms with E-state index in [0.29, 0.717) is 12.8 Å². The maximum Gasteiger partial charge on any atom is 0.375 e. The molecule has 8 nitrogen and oxygen atoms in total. The number of nitrogens with zero attached hydrogens (tertiary/aromatic N) is 2. The number of likely N-dealkylation sites (N-methyl/N-ethyl adjacent to an activating group) is 1. The largest absolute Gasteiger partial charge is 0.457 e. The van der Waals surface area contributed by atoms with Crippen molar-refractivity contribution in [2.75, 3.05) is 7.05 Å². The number of hydrogen-bond acceptors (Lipinski definition) is 6. The highest BCUT2D eigenvalue weighted by Gasteiger charge is 2.70. The second-order valence-electron chi connectivity index (χ2n) is 13.0. The van der Waals surface area contributed by atoms with Crippen LogP contribution in [0, 0.1) is 34.4 Å². The Kier molecular flexibility index (Phi) is 6.07. The highest BCUT2D eigenvalue weighted by Crippen LogP contribution is 2.68. The lowest BCUT2D eigenvalue weighted by Gasteiger charge is -2.60. The number of esters is 1. The van der Waals surface area contributed by atoms with Gasteiger partial charge in [-0.3, -0.25) is 4.79 Å². The molecule has 0 unspecified atom stereocenters. The van der Waals surface area contributed by atoms with Gasteiger partial charge in [-0.15, -0.1) is 0 Å². The second-order valence-corrected chi connectivity index (χ2v) is 13.0. The highest BCUT2D eigenvalue weighted by molar-refractivity contribution is 5.93. The lowest BCUT2D eigenvalue weighted by Crippen LogP contribution is -2.64. The molecule has 3 aromatic rings. The molecule has 1 amide bonds. The number of aliphatic hydroxyl groups excluding tert-OH is 1.